The Hall–Kier alpha value is -2.61. The summed E-state index contributed by atoms with van der Waals surface area (Å²) in [6.07, 6.45) is 7.55. The molecule has 1 unspecified atom stereocenters. The number of hydrogen-bond acceptors (Lipinski definition) is 3. The highest BCUT2D eigenvalue weighted by molar-refractivity contribution is 5.99. The quantitative estimate of drug-likeness (QED) is 0.810. The average molecular weight is 282 g/mol. The second kappa shape index (κ2) is 5.80. The van der Waals surface area contributed by atoms with Crippen molar-refractivity contribution in [3.63, 3.8) is 0 Å². The Bertz CT molecular complexity index is 648. The molecule has 0 aromatic carbocycles. The maximum Gasteiger partial charge on any atom is 0.231 e. The Balaban J connectivity index is 2.19. The largest absolute Gasteiger partial charge is 0.347 e. The Morgan fingerprint density at radius 1 is 1.52 bits per heavy atom. The lowest BCUT2D eigenvalue weighted by Crippen LogP contribution is -2.58. The van der Waals surface area contributed by atoms with Crippen molar-refractivity contribution < 1.29 is 4.79 Å². The molecule has 108 valence electrons. The van der Waals surface area contributed by atoms with Crippen LogP contribution in [0, 0.1) is 17.3 Å². The van der Waals surface area contributed by atoms with Crippen molar-refractivity contribution in [2.45, 2.75) is 25.8 Å². The van der Waals surface area contributed by atoms with E-state index >= 15 is 0 Å². The maximum atomic E-state index is 11.9. The summed E-state index contributed by atoms with van der Waals surface area (Å²) in [6.45, 7) is 3.68. The minimum Gasteiger partial charge on any atom is -0.347 e. The summed E-state index contributed by atoms with van der Waals surface area (Å²) in [5.41, 5.74) is 1.20. The van der Waals surface area contributed by atoms with Crippen LogP contribution in [0.15, 0.2) is 24.5 Å². The summed E-state index contributed by atoms with van der Waals surface area (Å²) in [5.74, 6) is 5.83. The third kappa shape index (κ3) is 3.48. The van der Waals surface area contributed by atoms with Crippen LogP contribution in [0.5, 0.6) is 0 Å². The van der Waals surface area contributed by atoms with Crippen LogP contribution in [0.4, 0.5) is 0 Å². The van der Waals surface area contributed by atoms with E-state index in [-0.39, 0.29) is 11.9 Å². The third-order valence-electron chi connectivity index (χ3n) is 3.30. The first-order valence-electron chi connectivity index (χ1n) is 6.64. The minimum absolute atomic E-state index is 0.0744. The number of amides is 1. The number of aromatic nitrogens is 1. The van der Waals surface area contributed by atoms with E-state index in [1.165, 1.54) is 4.90 Å². The number of hydrogen-bond donors (Lipinski definition) is 2. The van der Waals surface area contributed by atoms with Crippen LogP contribution in [0.3, 0.4) is 0 Å². The first kappa shape index (κ1) is 14.8. The van der Waals surface area contributed by atoms with Gasteiger partial charge in [0, 0.05) is 25.0 Å². The van der Waals surface area contributed by atoms with Crippen LogP contribution in [-0.2, 0) is 4.79 Å². The molecule has 0 aliphatic carbocycles. The number of carbonyl (C=O) groups excluding carboxylic acids is 1. The third-order valence-corrected chi connectivity index (χ3v) is 3.30. The normalized spacial score (nSPS) is 22.0. The van der Waals surface area contributed by atoms with E-state index in [9.17, 15) is 4.79 Å². The van der Waals surface area contributed by atoms with Crippen LogP contribution in [-0.4, -0.2) is 34.3 Å². The summed E-state index contributed by atoms with van der Waals surface area (Å²) in [6, 6.07) is 1.94. The van der Waals surface area contributed by atoms with Crippen LogP contribution in [0.1, 0.15) is 31.4 Å². The molecule has 1 aliphatic heterocycles. The van der Waals surface area contributed by atoms with Gasteiger partial charge in [0.15, 0.2) is 5.96 Å². The van der Waals surface area contributed by atoms with Crippen molar-refractivity contribution in [1.82, 2.24) is 15.2 Å². The highest BCUT2D eigenvalue weighted by atomic mass is 16.2. The summed E-state index contributed by atoms with van der Waals surface area (Å²) >= 11 is 0. The van der Waals surface area contributed by atoms with Crippen molar-refractivity contribution in [1.29, 1.82) is 5.41 Å². The SMILES string of the molecule is CC#Cc1cncc(C=CC2(C)CC(=O)N(C)C(=N)N2)c1. The fourth-order valence-corrected chi connectivity index (χ4v) is 2.10. The number of pyridine rings is 1. The molecule has 1 atom stereocenters. The number of nitrogens with zero attached hydrogens (tertiary/aromatic N) is 2. The molecular weight excluding hydrogens is 264 g/mol. The lowest BCUT2D eigenvalue weighted by Gasteiger charge is -2.37. The standard InChI is InChI=1S/C16H18N4O/c1-4-5-12-8-13(11-18-10-12)6-7-16(2)9-14(21)20(3)15(17)19-16/h6-8,10-11H,9H2,1-3H3,(H2,17,19). The van der Waals surface area contributed by atoms with Gasteiger partial charge in [-0.05, 0) is 25.5 Å². The molecule has 2 N–H and O–H groups in total. The number of carbonyl (C=O) groups is 1. The van der Waals surface area contributed by atoms with Gasteiger partial charge < -0.3 is 5.32 Å². The Morgan fingerprint density at radius 2 is 2.29 bits per heavy atom. The summed E-state index contributed by atoms with van der Waals surface area (Å²) < 4.78 is 0. The molecule has 0 radical (unpaired) electrons. The zero-order chi connectivity index (χ0) is 15.5. The zero-order valence-corrected chi connectivity index (χ0v) is 12.4. The van der Waals surface area contributed by atoms with Crippen molar-refractivity contribution >= 4 is 17.9 Å². The first-order valence-corrected chi connectivity index (χ1v) is 6.64. The predicted octanol–water partition coefficient (Wildman–Crippen LogP) is 1.61. The van der Waals surface area contributed by atoms with E-state index in [4.69, 9.17) is 5.41 Å². The minimum atomic E-state index is -0.562. The van der Waals surface area contributed by atoms with E-state index in [1.54, 1.807) is 26.4 Å². The van der Waals surface area contributed by atoms with Crippen LogP contribution >= 0.6 is 0 Å². The van der Waals surface area contributed by atoms with Gasteiger partial charge >= 0.3 is 0 Å². The molecule has 2 rings (SSSR count). The smallest absolute Gasteiger partial charge is 0.231 e. The summed E-state index contributed by atoms with van der Waals surface area (Å²) in [5, 5.41) is 10.8. The zero-order valence-electron chi connectivity index (χ0n) is 12.4. The van der Waals surface area contributed by atoms with E-state index < -0.39 is 5.54 Å². The van der Waals surface area contributed by atoms with Gasteiger partial charge in [0.2, 0.25) is 5.91 Å². The van der Waals surface area contributed by atoms with Gasteiger partial charge in [-0.15, -0.1) is 5.92 Å². The molecule has 1 aliphatic rings. The molecule has 1 aromatic rings. The topological polar surface area (TPSA) is 69.1 Å². The van der Waals surface area contributed by atoms with E-state index in [0.717, 1.165) is 11.1 Å². The second-order valence-corrected chi connectivity index (χ2v) is 5.24. The lowest BCUT2D eigenvalue weighted by molar-refractivity contribution is -0.128. The molecular formula is C16H18N4O. The van der Waals surface area contributed by atoms with E-state index in [0.29, 0.717) is 6.42 Å². The molecule has 1 fully saturated rings. The molecule has 1 amide bonds. The summed E-state index contributed by atoms with van der Waals surface area (Å²) in [4.78, 5) is 17.3. The monoisotopic (exact) mass is 282 g/mol. The molecule has 1 saturated heterocycles. The second-order valence-electron chi connectivity index (χ2n) is 5.24. The van der Waals surface area contributed by atoms with Gasteiger partial charge in [0.25, 0.3) is 0 Å². The van der Waals surface area contributed by atoms with Gasteiger partial charge in [0.1, 0.15) is 0 Å². The van der Waals surface area contributed by atoms with Crippen LogP contribution in [0.25, 0.3) is 6.08 Å². The predicted molar refractivity (Wildman–Crippen MR) is 82.5 cm³/mol. The van der Waals surface area contributed by atoms with Crippen molar-refractivity contribution in [3.05, 3.63) is 35.7 Å². The molecule has 0 saturated carbocycles. The first-order chi connectivity index (χ1) is 9.93. The highest BCUT2D eigenvalue weighted by Gasteiger charge is 2.34. The van der Waals surface area contributed by atoms with Gasteiger partial charge in [-0.3, -0.25) is 20.1 Å². The van der Waals surface area contributed by atoms with Gasteiger partial charge in [0.05, 0.1) is 12.0 Å². The lowest BCUT2D eigenvalue weighted by atomic mass is 9.93. The van der Waals surface area contributed by atoms with Crippen molar-refractivity contribution in [2.24, 2.45) is 0 Å². The Labute approximate surface area is 124 Å². The fourth-order valence-electron chi connectivity index (χ4n) is 2.10. The molecule has 0 spiro atoms. The van der Waals surface area contributed by atoms with Crippen molar-refractivity contribution in [2.75, 3.05) is 7.05 Å². The molecule has 0 bridgehead atoms. The van der Waals surface area contributed by atoms with E-state index in [1.807, 2.05) is 25.1 Å². The number of rotatable bonds is 2. The Morgan fingerprint density at radius 3 is 2.95 bits per heavy atom. The maximum absolute atomic E-state index is 11.9. The number of guanidine groups is 1. The molecule has 5 nitrogen and oxygen atoms in total. The molecule has 1 aromatic heterocycles. The molecule has 5 heteroatoms. The van der Waals surface area contributed by atoms with Crippen LogP contribution in [0.2, 0.25) is 0 Å². The molecule has 21 heavy (non-hydrogen) atoms. The number of nitrogens with one attached hydrogen (secondary N) is 2. The van der Waals surface area contributed by atoms with Crippen LogP contribution < -0.4 is 5.32 Å². The average Bonchev–Trinajstić information content (AvgIpc) is 2.44. The molecule has 2 heterocycles. The summed E-state index contributed by atoms with van der Waals surface area (Å²) in [7, 11) is 1.60. The van der Waals surface area contributed by atoms with Crippen molar-refractivity contribution in [3.8, 4) is 11.8 Å². The highest BCUT2D eigenvalue weighted by Crippen LogP contribution is 2.19. The van der Waals surface area contributed by atoms with E-state index in [2.05, 4.69) is 22.1 Å². The van der Waals surface area contributed by atoms with Gasteiger partial charge in [-0.2, -0.15) is 0 Å². The fraction of sp³-hybridized carbons (Fsp3) is 0.312. The van der Waals surface area contributed by atoms with Gasteiger partial charge in [-0.25, -0.2) is 0 Å². The van der Waals surface area contributed by atoms with Gasteiger partial charge in [-0.1, -0.05) is 18.1 Å². The Kier molecular flexibility index (Phi) is 4.08.